The molecular formula is C20H23FN2O. The molecule has 0 N–H and O–H groups in total. The second kappa shape index (κ2) is 5.40. The molecule has 1 heterocycles. The molecule has 0 atom stereocenters. The van der Waals surface area contributed by atoms with Gasteiger partial charge in [0.1, 0.15) is 5.82 Å². The number of halogens is 1. The first-order valence-corrected chi connectivity index (χ1v) is 9.26. The van der Waals surface area contributed by atoms with E-state index in [4.69, 9.17) is 9.51 Å². The molecule has 24 heavy (non-hydrogen) atoms. The van der Waals surface area contributed by atoms with E-state index in [9.17, 15) is 4.39 Å². The van der Waals surface area contributed by atoms with Crippen molar-refractivity contribution in [2.24, 2.45) is 17.8 Å². The Hall–Kier alpha value is -1.71. The Morgan fingerprint density at radius 3 is 2.42 bits per heavy atom. The number of hydrogen-bond donors (Lipinski definition) is 0. The fraction of sp³-hybridized carbons (Fsp3) is 0.600. The molecule has 6 rings (SSSR count). The first kappa shape index (κ1) is 14.6. The van der Waals surface area contributed by atoms with Crippen molar-refractivity contribution < 1.29 is 8.91 Å². The molecule has 4 saturated carbocycles. The second-order valence-corrected chi connectivity index (χ2v) is 8.34. The molecular weight excluding hydrogens is 303 g/mol. The molecule has 3 nitrogen and oxygen atoms in total. The Bertz CT molecular complexity index is 718. The number of rotatable bonds is 4. The van der Waals surface area contributed by atoms with E-state index in [1.807, 2.05) is 6.07 Å². The molecule has 0 unspecified atom stereocenters. The minimum atomic E-state index is -0.188. The lowest BCUT2D eigenvalue weighted by Gasteiger charge is -2.55. The van der Waals surface area contributed by atoms with Crippen LogP contribution in [0.1, 0.15) is 55.8 Å². The molecule has 0 saturated heterocycles. The SMILES string of the molecule is Fc1cccc(CCc2nc(C34CC5CC(CC(C5)C3)C4)no2)c1. The summed E-state index contributed by atoms with van der Waals surface area (Å²) in [4.78, 5) is 4.77. The average molecular weight is 326 g/mol. The standard InChI is InChI=1S/C20H23FN2O/c21-17-3-1-2-13(9-17)4-5-18-22-19(23-24-18)20-10-14-6-15(11-20)8-16(7-14)12-20/h1-3,9,14-16H,4-8,10-12H2. The summed E-state index contributed by atoms with van der Waals surface area (Å²) in [5.41, 5.74) is 1.17. The van der Waals surface area contributed by atoms with Crippen molar-refractivity contribution >= 4 is 0 Å². The smallest absolute Gasteiger partial charge is 0.226 e. The largest absolute Gasteiger partial charge is 0.339 e. The van der Waals surface area contributed by atoms with Crippen LogP contribution in [0.25, 0.3) is 0 Å². The summed E-state index contributed by atoms with van der Waals surface area (Å²) in [5.74, 6) is 4.11. The van der Waals surface area contributed by atoms with Crippen LogP contribution in [-0.2, 0) is 18.3 Å². The molecule has 126 valence electrons. The predicted molar refractivity (Wildman–Crippen MR) is 88.0 cm³/mol. The topological polar surface area (TPSA) is 38.9 Å². The van der Waals surface area contributed by atoms with Crippen LogP contribution in [-0.4, -0.2) is 10.1 Å². The molecule has 4 bridgehead atoms. The van der Waals surface area contributed by atoms with Crippen LogP contribution in [0.3, 0.4) is 0 Å². The maximum atomic E-state index is 13.3. The first-order valence-electron chi connectivity index (χ1n) is 9.26. The molecule has 1 aromatic heterocycles. The molecule has 4 heteroatoms. The van der Waals surface area contributed by atoms with Crippen molar-refractivity contribution in [2.75, 3.05) is 0 Å². The zero-order chi connectivity index (χ0) is 16.1. The minimum absolute atomic E-state index is 0.188. The van der Waals surface area contributed by atoms with Gasteiger partial charge < -0.3 is 4.52 Å². The summed E-state index contributed by atoms with van der Waals surface area (Å²) in [6, 6.07) is 6.75. The summed E-state index contributed by atoms with van der Waals surface area (Å²) in [6.07, 6.45) is 9.44. The van der Waals surface area contributed by atoms with Gasteiger partial charge in [-0.05, 0) is 80.4 Å². The maximum absolute atomic E-state index is 13.3. The van der Waals surface area contributed by atoms with Gasteiger partial charge in [0.25, 0.3) is 0 Å². The van der Waals surface area contributed by atoms with Crippen molar-refractivity contribution in [1.82, 2.24) is 10.1 Å². The molecule has 4 aliphatic rings. The molecule has 0 aliphatic heterocycles. The van der Waals surface area contributed by atoms with Crippen LogP contribution in [0.15, 0.2) is 28.8 Å². The van der Waals surface area contributed by atoms with Crippen LogP contribution in [0, 0.1) is 23.6 Å². The van der Waals surface area contributed by atoms with Crippen molar-refractivity contribution in [3.8, 4) is 0 Å². The third-order valence-corrected chi connectivity index (χ3v) is 6.50. The van der Waals surface area contributed by atoms with Gasteiger partial charge in [-0.25, -0.2) is 4.39 Å². The lowest BCUT2D eigenvalue weighted by Crippen LogP contribution is -2.49. The predicted octanol–water partition coefficient (Wildman–Crippen LogP) is 4.46. The molecule has 0 amide bonds. The fourth-order valence-electron chi connectivity index (χ4n) is 5.90. The van der Waals surface area contributed by atoms with Crippen LogP contribution in [0.2, 0.25) is 0 Å². The monoisotopic (exact) mass is 326 g/mol. The van der Waals surface area contributed by atoms with Gasteiger partial charge in [0, 0.05) is 11.8 Å². The molecule has 4 aliphatic carbocycles. The Kier molecular flexibility index (Phi) is 3.29. The number of aryl methyl sites for hydroxylation is 2. The highest BCUT2D eigenvalue weighted by atomic mass is 19.1. The third-order valence-electron chi connectivity index (χ3n) is 6.50. The van der Waals surface area contributed by atoms with Gasteiger partial charge in [-0.3, -0.25) is 0 Å². The van der Waals surface area contributed by atoms with E-state index in [-0.39, 0.29) is 11.2 Å². The van der Waals surface area contributed by atoms with E-state index in [0.29, 0.717) is 12.3 Å². The molecule has 0 spiro atoms. The van der Waals surface area contributed by atoms with Crippen LogP contribution in [0.4, 0.5) is 4.39 Å². The normalized spacial score (nSPS) is 34.0. The fourth-order valence-corrected chi connectivity index (χ4v) is 5.90. The van der Waals surface area contributed by atoms with Crippen molar-refractivity contribution in [2.45, 2.75) is 56.8 Å². The van der Waals surface area contributed by atoms with Crippen LogP contribution < -0.4 is 0 Å². The van der Waals surface area contributed by atoms with Crippen molar-refractivity contribution in [3.05, 3.63) is 47.4 Å². The zero-order valence-electron chi connectivity index (χ0n) is 13.9. The van der Waals surface area contributed by atoms with E-state index in [2.05, 4.69) is 5.16 Å². The van der Waals surface area contributed by atoms with E-state index in [1.54, 1.807) is 12.1 Å². The number of benzene rings is 1. The Morgan fingerprint density at radius 1 is 1.04 bits per heavy atom. The highest BCUT2D eigenvalue weighted by molar-refractivity contribution is 5.18. The Balaban J connectivity index is 1.32. The van der Waals surface area contributed by atoms with Gasteiger partial charge in [-0.2, -0.15) is 4.98 Å². The quantitative estimate of drug-likeness (QED) is 0.832. The summed E-state index contributed by atoms with van der Waals surface area (Å²) in [6.45, 7) is 0. The zero-order valence-corrected chi connectivity index (χ0v) is 13.9. The lowest BCUT2D eigenvalue weighted by molar-refractivity contribution is -0.0103. The van der Waals surface area contributed by atoms with Gasteiger partial charge in [-0.1, -0.05) is 17.3 Å². The minimum Gasteiger partial charge on any atom is -0.339 e. The summed E-state index contributed by atoms with van der Waals surface area (Å²) >= 11 is 0. The summed E-state index contributed by atoms with van der Waals surface area (Å²) in [5, 5.41) is 4.38. The van der Waals surface area contributed by atoms with Gasteiger partial charge >= 0.3 is 0 Å². The number of nitrogens with zero attached hydrogens (tertiary/aromatic N) is 2. The summed E-state index contributed by atoms with van der Waals surface area (Å²) in [7, 11) is 0. The van der Waals surface area contributed by atoms with Crippen molar-refractivity contribution in [3.63, 3.8) is 0 Å². The van der Waals surface area contributed by atoms with Crippen LogP contribution in [0.5, 0.6) is 0 Å². The number of hydrogen-bond acceptors (Lipinski definition) is 3. The Morgan fingerprint density at radius 2 is 1.75 bits per heavy atom. The van der Waals surface area contributed by atoms with E-state index in [0.717, 1.165) is 35.6 Å². The highest BCUT2D eigenvalue weighted by Gasteiger charge is 2.53. The van der Waals surface area contributed by atoms with Gasteiger partial charge in [0.15, 0.2) is 5.82 Å². The van der Waals surface area contributed by atoms with Gasteiger partial charge in [0.05, 0.1) is 0 Å². The van der Waals surface area contributed by atoms with Crippen LogP contribution >= 0.6 is 0 Å². The first-order chi connectivity index (χ1) is 11.7. The maximum Gasteiger partial charge on any atom is 0.226 e. The van der Waals surface area contributed by atoms with E-state index < -0.39 is 0 Å². The lowest BCUT2D eigenvalue weighted by atomic mass is 9.49. The highest BCUT2D eigenvalue weighted by Crippen LogP contribution is 2.60. The number of aromatic nitrogens is 2. The Labute approximate surface area is 141 Å². The molecule has 0 radical (unpaired) electrons. The van der Waals surface area contributed by atoms with Gasteiger partial charge in [0.2, 0.25) is 5.89 Å². The van der Waals surface area contributed by atoms with E-state index >= 15 is 0 Å². The van der Waals surface area contributed by atoms with Gasteiger partial charge in [-0.15, -0.1) is 0 Å². The summed E-state index contributed by atoms with van der Waals surface area (Å²) < 4.78 is 18.8. The molecule has 1 aromatic carbocycles. The van der Waals surface area contributed by atoms with E-state index in [1.165, 1.54) is 44.6 Å². The average Bonchev–Trinajstić information content (AvgIpc) is 3.02. The molecule has 4 fully saturated rings. The third kappa shape index (κ3) is 2.47. The molecule has 2 aromatic rings. The van der Waals surface area contributed by atoms with Crippen molar-refractivity contribution in [1.29, 1.82) is 0 Å². The second-order valence-electron chi connectivity index (χ2n) is 8.34.